The fraction of sp³-hybridized carbons (Fsp3) is 1.00. The van der Waals surface area contributed by atoms with E-state index in [1.54, 1.807) is 0 Å². The molecule has 0 bridgehead atoms. The summed E-state index contributed by atoms with van der Waals surface area (Å²) in [5, 5.41) is 0. The van der Waals surface area contributed by atoms with Gasteiger partial charge in [-0.05, 0) is 0 Å². The molecule has 0 N–H and O–H groups in total. The Balaban J connectivity index is 2.77. The van der Waals surface area contributed by atoms with Crippen molar-refractivity contribution in [2.24, 2.45) is 0 Å². The van der Waals surface area contributed by atoms with Gasteiger partial charge in [0.2, 0.25) is 0 Å². The number of hydrogen-bond donors (Lipinski definition) is 0. The van der Waals surface area contributed by atoms with Crippen LogP contribution in [0.5, 0.6) is 0 Å². The number of unbranched alkanes of at least 4 members (excludes halogenated alkanes) is 4. The zero-order valence-electron chi connectivity index (χ0n) is 6.65. The fourth-order valence-electron chi connectivity index (χ4n) is 0.916. The first-order valence-corrected chi connectivity index (χ1v) is 5.18. The topological polar surface area (TPSA) is 0 Å². The van der Waals surface area contributed by atoms with Crippen LogP contribution in [0, 0.1) is 0 Å². The van der Waals surface area contributed by atoms with Crippen LogP contribution in [0.15, 0.2) is 0 Å². The maximum atomic E-state index is 12.2. The van der Waals surface area contributed by atoms with Crippen LogP contribution in [0.25, 0.3) is 0 Å². The molecule has 0 saturated carbocycles. The molecule has 0 nitrogen and oxygen atoms in total. The van der Waals surface area contributed by atoms with Crippen molar-refractivity contribution in [1.29, 1.82) is 0 Å². The van der Waals surface area contributed by atoms with Crippen LogP contribution in [-0.2, 0) is 0 Å². The van der Waals surface area contributed by atoms with Crippen LogP contribution in [0.1, 0.15) is 45.4 Å². The van der Waals surface area contributed by atoms with Gasteiger partial charge in [0.1, 0.15) is 0 Å². The van der Waals surface area contributed by atoms with E-state index in [2.05, 4.69) is 23.8 Å². The second-order valence-electron chi connectivity index (χ2n) is 2.64. The molecule has 1 atom stereocenters. The third-order valence-electron chi connectivity index (χ3n) is 1.55. The molecule has 0 heterocycles. The van der Waals surface area contributed by atoms with Crippen LogP contribution >= 0.6 is 0 Å². The molecule has 0 aliphatic rings. The standard InChI is InChI=1S/C8H16AsF/c1-2-3-4-5-6-7-8(9)10/h8H,2-7H2,1H3. The zero-order chi connectivity index (χ0) is 7.82. The molecule has 0 rings (SSSR count). The van der Waals surface area contributed by atoms with Crippen molar-refractivity contribution in [2.45, 2.75) is 50.4 Å². The second-order valence-corrected chi connectivity index (χ2v) is 3.81. The molecule has 0 aliphatic carbocycles. The van der Waals surface area contributed by atoms with E-state index >= 15 is 0 Å². The van der Waals surface area contributed by atoms with Crippen molar-refractivity contribution < 1.29 is 4.39 Å². The molecule has 0 fully saturated rings. The normalized spacial score (nSPS) is 13.5. The molecule has 60 valence electrons. The first kappa shape index (κ1) is 10.5. The van der Waals surface area contributed by atoms with E-state index < -0.39 is 4.96 Å². The van der Waals surface area contributed by atoms with Gasteiger partial charge in [-0.3, -0.25) is 0 Å². The molecule has 0 amide bonds. The van der Waals surface area contributed by atoms with E-state index in [-0.39, 0.29) is 0 Å². The van der Waals surface area contributed by atoms with Gasteiger partial charge in [-0.15, -0.1) is 0 Å². The minimum absolute atomic E-state index is 0.658. The summed E-state index contributed by atoms with van der Waals surface area (Å²) < 4.78 is 12.2. The first-order valence-electron chi connectivity index (χ1n) is 4.09. The van der Waals surface area contributed by atoms with Crippen LogP contribution in [-0.4, -0.2) is 21.8 Å². The molecule has 1 unspecified atom stereocenters. The van der Waals surface area contributed by atoms with Crippen LogP contribution in [0.4, 0.5) is 4.39 Å². The number of rotatable bonds is 6. The second kappa shape index (κ2) is 7.59. The minimum atomic E-state index is -0.658. The monoisotopic (exact) mass is 206 g/mol. The Bertz CT molecular complexity index is 64.3. The summed E-state index contributed by atoms with van der Waals surface area (Å²) in [7, 11) is 0. The Hall–Kier alpha value is 0.488. The quantitative estimate of drug-likeness (QED) is 0.463. The van der Waals surface area contributed by atoms with Crippen LogP contribution < -0.4 is 0 Å². The SMILES string of the molecule is CCCCCCCC(F)[As]. The molecular weight excluding hydrogens is 190 g/mol. The zero-order valence-corrected chi connectivity index (χ0v) is 8.52. The summed E-state index contributed by atoms with van der Waals surface area (Å²) in [6.07, 6.45) is 6.82. The van der Waals surface area contributed by atoms with E-state index in [4.69, 9.17) is 0 Å². The van der Waals surface area contributed by atoms with Crippen molar-refractivity contribution in [3.05, 3.63) is 0 Å². The van der Waals surface area contributed by atoms with Crippen LogP contribution in [0.2, 0.25) is 0 Å². The summed E-state index contributed by atoms with van der Waals surface area (Å²) >= 11 is 2.05. The Morgan fingerprint density at radius 3 is 2.30 bits per heavy atom. The molecule has 0 aromatic rings. The number of halogens is 1. The van der Waals surface area contributed by atoms with Crippen molar-refractivity contribution in [1.82, 2.24) is 0 Å². The Morgan fingerprint density at radius 1 is 1.20 bits per heavy atom. The fourth-order valence-corrected chi connectivity index (χ4v) is 1.30. The van der Waals surface area contributed by atoms with Crippen molar-refractivity contribution in [3.8, 4) is 0 Å². The molecule has 0 spiro atoms. The van der Waals surface area contributed by atoms with Gasteiger partial charge in [0.05, 0.1) is 0 Å². The van der Waals surface area contributed by atoms with Crippen molar-refractivity contribution >= 4 is 16.9 Å². The average molecular weight is 206 g/mol. The molecule has 0 aliphatic heterocycles. The van der Waals surface area contributed by atoms with Gasteiger partial charge in [-0.2, -0.15) is 0 Å². The Morgan fingerprint density at radius 2 is 1.80 bits per heavy atom. The molecule has 2 radical (unpaired) electrons. The van der Waals surface area contributed by atoms with Gasteiger partial charge < -0.3 is 0 Å². The Labute approximate surface area is 72.1 Å². The van der Waals surface area contributed by atoms with Gasteiger partial charge >= 0.3 is 71.7 Å². The summed E-state index contributed by atoms with van der Waals surface area (Å²) in [6, 6.07) is 0. The van der Waals surface area contributed by atoms with E-state index in [0.717, 1.165) is 12.8 Å². The molecular formula is C8H16AsF. The Kier molecular flexibility index (Phi) is 7.96. The molecule has 0 aromatic heterocycles. The summed E-state index contributed by atoms with van der Waals surface area (Å²) in [5.41, 5.74) is 0. The average Bonchev–Trinajstić information content (AvgIpc) is 1.87. The van der Waals surface area contributed by atoms with E-state index in [1.807, 2.05) is 0 Å². The van der Waals surface area contributed by atoms with Crippen molar-refractivity contribution in [2.75, 3.05) is 0 Å². The molecule has 2 heteroatoms. The number of hydrogen-bond acceptors (Lipinski definition) is 0. The third-order valence-corrected chi connectivity index (χ3v) is 2.09. The van der Waals surface area contributed by atoms with Crippen molar-refractivity contribution in [3.63, 3.8) is 0 Å². The summed E-state index contributed by atoms with van der Waals surface area (Å²) in [5.74, 6) is 0. The first-order chi connectivity index (χ1) is 4.77. The van der Waals surface area contributed by atoms with Gasteiger partial charge in [0.15, 0.2) is 0 Å². The number of alkyl halides is 1. The van der Waals surface area contributed by atoms with E-state index in [9.17, 15) is 4.39 Å². The summed E-state index contributed by atoms with van der Waals surface area (Å²) in [4.78, 5) is -0.658. The molecule has 0 saturated heterocycles. The molecule has 10 heavy (non-hydrogen) atoms. The maximum absolute atomic E-state index is 12.2. The van der Waals surface area contributed by atoms with E-state index in [1.165, 1.54) is 25.7 Å². The molecule has 0 aromatic carbocycles. The van der Waals surface area contributed by atoms with Gasteiger partial charge in [0, 0.05) is 0 Å². The van der Waals surface area contributed by atoms with Gasteiger partial charge in [0.25, 0.3) is 0 Å². The van der Waals surface area contributed by atoms with Gasteiger partial charge in [-0.25, -0.2) is 0 Å². The van der Waals surface area contributed by atoms with Gasteiger partial charge in [-0.1, -0.05) is 0 Å². The van der Waals surface area contributed by atoms with Crippen LogP contribution in [0.3, 0.4) is 0 Å². The predicted octanol–water partition coefficient (Wildman–Crippen LogP) is 2.81. The summed E-state index contributed by atoms with van der Waals surface area (Å²) in [6.45, 7) is 2.19. The van der Waals surface area contributed by atoms with E-state index in [0.29, 0.717) is 0 Å². The third kappa shape index (κ3) is 8.49. The predicted molar refractivity (Wildman–Crippen MR) is 44.0 cm³/mol.